The molecule has 2 amide bonds. The average Bonchev–Trinajstić information content (AvgIpc) is 3.10. The summed E-state index contributed by atoms with van der Waals surface area (Å²) in [4.78, 5) is 18.4. The predicted octanol–water partition coefficient (Wildman–Crippen LogP) is 3.44. The molecule has 0 unspecified atom stereocenters. The van der Waals surface area contributed by atoms with Crippen molar-refractivity contribution in [3.63, 3.8) is 0 Å². The van der Waals surface area contributed by atoms with Gasteiger partial charge in [-0.25, -0.2) is 4.79 Å². The number of rotatable bonds is 5. The third-order valence-electron chi connectivity index (χ3n) is 5.43. The maximum absolute atomic E-state index is 12.4. The van der Waals surface area contributed by atoms with Crippen LogP contribution in [-0.4, -0.2) is 55.1 Å². The molecule has 5 heteroatoms. The van der Waals surface area contributed by atoms with Gasteiger partial charge in [-0.15, -0.1) is 11.3 Å². The van der Waals surface area contributed by atoms with Gasteiger partial charge in [-0.05, 0) is 68.5 Å². The van der Waals surface area contributed by atoms with Crippen LogP contribution in [-0.2, 0) is 6.42 Å². The van der Waals surface area contributed by atoms with Crippen LogP contribution in [0.3, 0.4) is 0 Å². The molecule has 2 aliphatic heterocycles. The first-order valence-electron chi connectivity index (χ1n) is 9.48. The highest BCUT2D eigenvalue weighted by atomic mass is 32.1. The van der Waals surface area contributed by atoms with Crippen LogP contribution in [0.2, 0.25) is 0 Å². The van der Waals surface area contributed by atoms with Gasteiger partial charge in [-0.2, -0.15) is 0 Å². The van der Waals surface area contributed by atoms with Gasteiger partial charge in [-0.1, -0.05) is 13.0 Å². The molecule has 0 radical (unpaired) electrons. The summed E-state index contributed by atoms with van der Waals surface area (Å²) in [6, 6.07) is 4.33. The van der Waals surface area contributed by atoms with Crippen molar-refractivity contribution in [2.75, 3.05) is 39.3 Å². The van der Waals surface area contributed by atoms with E-state index in [4.69, 9.17) is 0 Å². The maximum Gasteiger partial charge on any atom is 0.317 e. The molecule has 0 bridgehead atoms. The number of urea groups is 1. The van der Waals surface area contributed by atoms with Crippen molar-refractivity contribution in [2.24, 2.45) is 11.8 Å². The van der Waals surface area contributed by atoms with E-state index < -0.39 is 0 Å². The van der Waals surface area contributed by atoms with Crippen LogP contribution < -0.4 is 5.32 Å². The van der Waals surface area contributed by atoms with Gasteiger partial charge in [0.25, 0.3) is 0 Å². The predicted molar refractivity (Wildman–Crippen MR) is 101 cm³/mol. The number of carbonyl (C=O) groups excluding carboxylic acids is 1. The van der Waals surface area contributed by atoms with Crippen molar-refractivity contribution in [1.29, 1.82) is 0 Å². The zero-order valence-corrected chi connectivity index (χ0v) is 15.7. The van der Waals surface area contributed by atoms with Gasteiger partial charge in [0.05, 0.1) is 0 Å². The number of thiophene rings is 1. The van der Waals surface area contributed by atoms with Crippen LogP contribution in [0.1, 0.15) is 37.5 Å². The highest BCUT2D eigenvalue weighted by molar-refractivity contribution is 7.09. The molecular weight excluding hydrogens is 318 g/mol. The first-order valence-corrected chi connectivity index (χ1v) is 10.4. The number of nitrogens with one attached hydrogen (secondary N) is 1. The third-order valence-corrected chi connectivity index (χ3v) is 6.36. The molecule has 0 aliphatic carbocycles. The largest absolute Gasteiger partial charge is 0.338 e. The molecule has 0 aromatic carbocycles. The summed E-state index contributed by atoms with van der Waals surface area (Å²) in [6.07, 6.45) is 6.02. The lowest BCUT2D eigenvalue weighted by atomic mass is 9.94. The van der Waals surface area contributed by atoms with Crippen molar-refractivity contribution in [2.45, 2.75) is 39.0 Å². The van der Waals surface area contributed by atoms with E-state index in [0.717, 1.165) is 38.4 Å². The summed E-state index contributed by atoms with van der Waals surface area (Å²) in [7, 11) is 0. The molecule has 0 spiro atoms. The molecule has 134 valence electrons. The van der Waals surface area contributed by atoms with Gasteiger partial charge in [0.15, 0.2) is 0 Å². The van der Waals surface area contributed by atoms with E-state index in [2.05, 4.69) is 34.7 Å². The second kappa shape index (κ2) is 8.86. The number of piperidine rings is 2. The SMILES string of the molecule is CC1CCN(C[C@@H]2CCCN(C(=O)NCCc3cccs3)C2)CC1. The van der Waals surface area contributed by atoms with Gasteiger partial charge < -0.3 is 15.1 Å². The minimum Gasteiger partial charge on any atom is -0.338 e. The maximum atomic E-state index is 12.4. The summed E-state index contributed by atoms with van der Waals surface area (Å²) in [5.74, 6) is 1.54. The number of hydrogen-bond donors (Lipinski definition) is 1. The smallest absolute Gasteiger partial charge is 0.317 e. The van der Waals surface area contributed by atoms with Crippen LogP contribution in [0.4, 0.5) is 4.79 Å². The van der Waals surface area contributed by atoms with Crippen LogP contribution >= 0.6 is 11.3 Å². The quantitative estimate of drug-likeness (QED) is 0.884. The Hall–Kier alpha value is -1.07. The zero-order valence-electron chi connectivity index (χ0n) is 14.9. The lowest BCUT2D eigenvalue weighted by molar-refractivity contribution is 0.120. The summed E-state index contributed by atoms with van der Waals surface area (Å²) >= 11 is 1.76. The van der Waals surface area contributed by atoms with E-state index in [1.165, 1.54) is 43.8 Å². The van der Waals surface area contributed by atoms with Crippen LogP contribution in [0.5, 0.6) is 0 Å². The zero-order chi connectivity index (χ0) is 16.8. The topological polar surface area (TPSA) is 35.6 Å². The highest BCUT2D eigenvalue weighted by Gasteiger charge is 2.26. The molecule has 1 atom stereocenters. The molecular formula is C19H31N3OS. The van der Waals surface area contributed by atoms with E-state index in [1.54, 1.807) is 11.3 Å². The van der Waals surface area contributed by atoms with E-state index >= 15 is 0 Å². The fourth-order valence-corrected chi connectivity index (χ4v) is 4.58. The lowest BCUT2D eigenvalue weighted by Crippen LogP contribution is -2.48. The molecule has 0 saturated carbocycles. The number of carbonyl (C=O) groups is 1. The molecule has 1 N–H and O–H groups in total. The standard InChI is InChI=1S/C19H31N3OS/c1-16-7-11-21(12-8-16)14-17-4-2-10-22(15-17)19(23)20-9-6-18-5-3-13-24-18/h3,5,13,16-17H,2,4,6-12,14-15H2,1H3,(H,20,23)/t17-/m0/s1. The summed E-state index contributed by atoms with van der Waals surface area (Å²) < 4.78 is 0. The monoisotopic (exact) mass is 349 g/mol. The Morgan fingerprint density at radius 3 is 2.88 bits per heavy atom. The minimum absolute atomic E-state index is 0.128. The van der Waals surface area contributed by atoms with Crippen LogP contribution in [0.15, 0.2) is 17.5 Å². The lowest BCUT2D eigenvalue weighted by Gasteiger charge is -2.37. The molecule has 2 saturated heterocycles. The number of amides is 2. The van der Waals surface area contributed by atoms with E-state index in [-0.39, 0.29) is 6.03 Å². The normalized spacial score (nSPS) is 23.4. The van der Waals surface area contributed by atoms with Gasteiger partial charge in [-0.3, -0.25) is 0 Å². The van der Waals surface area contributed by atoms with Crippen LogP contribution in [0.25, 0.3) is 0 Å². The Balaban J connectivity index is 1.38. The molecule has 24 heavy (non-hydrogen) atoms. The van der Waals surface area contributed by atoms with Crippen LogP contribution in [0, 0.1) is 11.8 Å². The number of likely N-dealkylation sites (tertiary alicyclic amines) is 2. The van der Waals surface area contributed by atoms with Crippen molar-refractivity contribution in [3.05, 3.63) is 22.4 Å². The molecule has 2 aliphatic rings. The van der Waals surface area contributed by atoms with Gasteiger partial charge >= 0.3 is 6.03 Å². The Bertz CT molecular complexity index is 497. The first-order chi connectivity index (χ1) is 11.7. The fraction of sp³-hybridized carbons (Fsp3) is 0.737. The van der Waals surface area contributed by atoms with Gasteiger partial charge in [0, 0.05) is 31.1 Å². The Morgan fingerprint density at radius 1 is 1.29 bits per heavy atom. The van der Waals surface area contributed by atoms with Crippen molar-refractivity contribution < 1.29 is 4.79 Å². The van der Waals surface area contributed by atoms with Crippen molar-refractivity contribution in [3.8, 4) is 0 Å². The minimum atomic E-state index is 0.128. The summed E-state index contributed by atoms with van der Waals surface area (Å²) in [6.45, 7) is 8.60. The second-order valence-corrected chi connectivity index (χ2v) is 8.53. The second-order valence-electron chi connectivity index (χ2n) is 7.50. The van der Waals surface area contributed by atoms with Crippen molar-refractivity contribution >= 4 is 17.4 Å². The van der Waals surface area contributed by atoms with Gasteiger partial charge in [0.1, 0.15) is 0 Å². The van der Waals surface area contributed by atoms with E-state index in [1.807, 2.05) is 4.90 Å². The molecule has 4 nitrogen and oxygen atoms in total. The Kier molecular flexibility index (Phi) is 6.55. The summed E-state index contributed by atoms with van der Waals surface area (Å²) in [5, 5.41) is 5.19. The summed E-state index contributed by atoms with van der Waals surface area (Å²) in [5.41, 5.74) is 0. The van der Waals surface area contributed by atoms with E-state index in [0.29, 0.717) is 5.92 Å². The molecule has 1 aromatic heterocycles. The van der Waals surface area contributed by atoms with Crippen molar-refractivity contribution in [1.82, 2.24) is 15.1 Å². The average molecular weight is 350 g/mol. The highest BCUT2D eigenvalue weighted by Crippen LogP contribution is 2.21. The number of hydrogen-bond acceptors (Lipinski definition) is 3. The van der Waals surface area contributed by atoms with E-state index in [9.17, 15) is 4.79 Å². The third kappa shape index (κ3) is 5.21. The number of nitrogens with zero attached hydrogens (tertiary/aromatic N) is 2. The van der Waals surface area contributed by atoms with Gasteiger partial charge in [0.2, 0.25) is 0 Å². The molecule has 3 rings (SSSR count). The Morgan fingerprint density at radius 2 is 2.12 bits per heavy atom. The first kappa shape index (κ1) is 17.7. The molecule has 3 heterocycles. The molecule has 2 fully saturated rings. The fourth-order valence-electron chi connectivity index (χ4n) is 3.87. The Labute approximate surface area is 150 Å². The molecule has 1 aromatic rings.